The summed E-state index contributed by atoms with van der Waals surface area (Å²) in [6, 6.07) is 13.4. The van der Waals surface area contributed by atoms with E-state index in [0.29, 0.717) is 18.7 Å². The van der Waals surface area contributed by atoms with Gasteiger partial charge in [-0.1, -0.05) is 39.7 Å². The van der Waals surface area contributed by atoms with Gasteiger partial charge < -0.3 is 15.0 Å². The van der Waals surface area contributed by atoms with E-state index in [2.05, 4.69) is 21.2 Å². The van der Waals surface area contributed by atoms with Gasteiger partial charge in [-0.25, -0.2) is 0 Å². The lowest BCUT2D eigenvalue weighted by Crippen LogP contribution is -2.47. The van der Waals surface area contributed by atoms with Crippen LogP contribution in [0.3, 0.4) is 0 Å². The second-order valence-electron chi connectivity index (χ2n) is 7.20. The lowest BCUT2D eigenvalue weighted by Gasteiger charge is -2.32. The Morgan fingerprint density at radius 3 is 2.57 bits per heavy atom. The normalized spacial score (nSPS) is 14.6. The predicted molar refractivity (Wildman–Crippen MR) is 113 cm³/mol. The van der Waals surface area contributed by atoms with Crippen LogP contribution in [0.1, 0.15) is 34.3 Å². The standard InChI is InChI=1S/C22H25BrN2O3/c1-15-6-7-20(16(2)12-15)28-14-21(26)24-19-8-10-25(11-9-19)22(27)17-4-3-5-18(23)13-17/h3-7,12-13,19H,8-11,14H2,1-2H3,(H,24,26). The molecule has 1 N–H and O–H groups in total. The molecular formula is C22H25BrN2O3. The highest BCUT2D eigenvalue weighted by molar-refractivity contribution is 9.10. The molecule has 1 aliphatic heterocycles. The Hall–Kier alpha value is -2.34. The quantitative estimate of drug-likeness (QED) is 0.761. The lowest BCUT2D eigenvalue weighted by atomic mass is 10.0. The van der Waals surface area contributed by atoms with Crippen molar-refractivity contribution in [3.63, 3.8) is 0 Å². The van der Waals surface area contributed by atoms with Gasteiger partial charge in [0.25, 0.3) is 11.8 Å². The molecule has 1 aliphatic rings. The molecule has 2 aromatic rings. The van der Waals surface area contributed by atoms with Crippen LogP contribution in [0.5, 0.6) is 5.75 Å². The fourth-order valence-electron chi connectivity index (χ4n) is 3.40. The topological polar surface area (TPSA) is 58.6 Å². The Balaban J connectivity index is 1.44. The first-order valence-corrected chi connectivity index (χ1v) is 10.3. The van der Waals surface area contributed by atoms with Gasteiger partial charge in [0.2, 0.25) is 0 Å². The van der Waals surface area contributed by atoms with E-state index >= 15 is 0 Å². The van der Waals surface area contributed by atoms with Gasteiger partial charge in [-0.15, -0.1) is 0 Å². The first kappa shape index (κ1) is 20.4. The summed E-state index contributed by atoms with van der Waals surface area (Å²) >= 11 is 3.40. The van der Waals surface area contributed by atoms with Crippen LogP contribution < -0.4 is 10.1 Å². The number of nitrogens with zero attached hydrogens (tertiary/aromatic N) is 1. The summed E-state index contributed by atoms with van der Waals surface area (Å²) < 4.78 is 6.54. The minimum Gasteiger partial charge on any atom is -0.484 e. The van der Waals surface area contributed by atoms with Crippen molar-refractivity contribution in [2.45, 2.75) is 32.7 Å². The fourth-order valence-corrected chi connectivity index (χ4v) is 3.80. The van der Waals surface area contributed by atoms with E-state index in [1.807, 2.05) is 61.2 Å². The summed E-state index contributed by atoms with van der Waals surface area (Å²) in [5.41, 5.74) is 2.87. The highest BCUT2D eigenvalue weighted by atomic mass is 79.9. The van der Waals surface area contributed by atoms with Crippen LogP contribution in [0.2, 0.25) is 0 Å². The zero-order chi connectivity index (χ0) is 20.1. The van der Waals surface area contributed by atoms with Gasteiger partial charge in [-0.05, 0) is 56.5 Å². The third-order valence-corrected chi connectivity index (χ3v) is 5.40. The maximum absolute atomic E-state index is 12.6. The molecule has 0 spiro atoms. The highest BCUT2D eigenvalue weighted by Crippen LogP contribution is 2.19. The van der Waals surface area contributed by atoms with Crippen LogP contribution in [0, 0.1) is 13.8 Å². The van der Waals surface area contributed by atoms with Crippen molar-refractivity contribution in [2.24, 2.45) is 0 Å². The predicted octanol–water partition coefficient (Wildman–Crippen LogP) is 3.87. The Bertz CT molecular complexity index is 861. The number of carbonyl (C=O) groups is 2. The Morgan fingerprint density at radius 2 is 1.89 bits per heavy atom. The molecule has 0 saturated carbocycles. The maximum atomic E-state index is 12.6. The van der Waals surface area contributed by atoms with Gasteiger partial charge >= 0.3 is 0 Å². The number of halogens is 1. The van der Waals surface area contributed by atoms with Crippen molar-refractivity contribution in [1.82, 2.24) is 10.2 Å². The van der Waals surface area contributed by atoms with Crippen LogP contribution in [-0.4, -0.2) is 42.5 Å². The maximum Gasteiger partial charge on any atom is 0.258 e. The van der Waals surface area contributed by atoms with E-state index in [-0.39, 0.29) is 24.5 Å². The molecular weight excluding hydrogens is 420 g/mol. The van der Waals surface area contributed by atoms with E-state index < -0.39 is 0 Å². The summed E-state index contributed by atoms with van der Waals surface area (Å²) in [5, 5.41) is 3.02. The molecule has 2 amide bonds. The average Bonchev–Trinajstić information content (AvgIpc) is 2.67. The Morgan fingerprint density at radius 1 is 1.14 bits per heavy atom. The van der Waals surface area contributed by atoms with Crippen LogP contribution in [-0.2, 0) is 4.79 Å². The second-order valence-corrected chi connectivity index (χ2v) is 8.12. The van der Waals surface area contributed by atoms with E-state index in [1.54, 1.807) is 0 Å². The van der Waals surface area contributed by atoms with Gasteiger partial charge in [0, 0.05) is 29.2 Å². The van der Waals surface area contributed by atoms with Gasteiger partial charge in [0.15, 0.2) is 6.61 Å². The smallest absolute Gasteiger partial charge is 0.258 e. The van der Waals surface area contributed by atoms with Crippen LogP contribution >= 0.6 is 15.9 Å². The number of hydrogen-bond donors (Lipinski definition) is 1. The molecule has 5 nitrogen and oxygen atoms in total. The molecule has 0 radical (unpaired) electrons. The minimum absolute atomic E-state index is 0.00108. The second kappa shape index (κ2) is 9.24. The third-order valence-electron chi connectivity index (χ3n) is 4.91. The first-order chi connectivity index (χ1) is 13.4. The molecule has 0 atom stereocenters. The third kappa shape index (κ3) is 5.35. The van der Waals surface area contributed by atoms with Crippen LogP contribution in [0.25, 0.3) is 0 Å². The molecule has 148 valence electrons. The molecule has 0 bridgehead atoms. The van der Waals surface area contributed by atoms with Gasteiger partial charge in [-0.3, -0.25) is 9.59 Å². The van der Waals surface area contributed by atoms with Crippen molar-refractivity contribution < 1.29 is 14.3 Å². The molecule has 1 heterocycles. The number of nitrogens with one attached hydrogen (secondary N) is 1. The zero-order valence-electron chi connectivity index (χ0n) is 16.2. The van der Waals surface area contributed by atoms with Crippen molar-refractivity contribution in [1.29, 1.82) is 0 Å². The number of amides is 2. The molecule has 0 unspecified atom stereocenters. The fraction of sp³-hybridized carbons (Fsp3) is 0.364. The molecule has 1 fully saturated rings. The number of benzene rings is 2. The summed E-state index contributed by atoms with van der Waals surface area (Å²) in [4.78, 5) is 26.7. The summed E-state index contributed by atoms with van der Waals surface area (Å²) in [6.45, 7) is 5.26. The van der Waals surface area contributed by atoms with Gasteiger partial charge in [-0.2, -0.15) is 0 Å². The number of hydrogen-bond acceptors (Lipinski definition) is 3. The molecule has 2 aromatic carbocycles. The van der Waals surface area contributed by atoms with Crippen molar-refractivity contribution in [3.05, 3.63) is 63.6 Å². The average molecular weight is 445 g/mol. The SMILES string of the molecule is Cc1ccc(OCC(=O)NC2CCN(C(=O)c3cccc(Br)c3)CC2)c(C)c1. The largest absolute Gasteiger partial charge is 0.484 e. The molecule has 28 heavy (non-hydrogen) atoms. The summed E-state index contributed by atoms with van der Waals surface area (Å²) in [5.74, 6) is 0.635. The highest BCUT2D eigenvalue weighted by Gasteiger charge is 2.24. The van der Waals surface area contributed by atoms with Crippen molar-refractivity contribution in [3.8, 4) is 5.75 Å². The zero-order valence-corrected chi connectivity index (χ0v) is 17.8. The number of likely N-dealkylation sites (tertiary alicyclic amines) is 1. The van der Waals surface area contributed by atoms with Crippen molar-refractivity contribution >= 4 is 27.7 Å². The van der Waals surface area contributed by atoms with Gasteiger partial charge in [0.1, 0.15) is 5.75 Å². The van der Waals surface area contributed by atoms with Crippen LogP contribution in [0.4, 0.5) is 0 Å². The minimum atomic E-state index is -0.128. The van der Waals surface area contributed by atoms with E-state index in [1.165, 1.54) is 5.56 Å². The monoisotopic (exact) mass is 444 g/mol. The number of ether oxygens (including phenoxy) is 1. The lowest BCUT2D eigenvalue weighted by molar-refractivity contribution is -0.124. The van der Waals surface area contributed by atoms with E-state index in [9.17, 15) is 9.59 Å². The number of carbonyl (C=O) groups excluding carboxylic acids is 2. The summed E-state index contributed by atoms with van der Waals surface area (Å²) in [6.07, 6.45) is 1.49. The number of rotatable bonds is 5. The molecule has 1 saturated heterocycles. The molecule has 3 rings (SSSR count). The molecule has 0 aliphatic carbocycles. The van der Waals surface area contributed by atoms with E-state index in [4.69, 9.17) is 4.74 Å². The number of piperidine rings is 1. The van der Waals surface area contributed by atoms with E-state index in [0.717, 1.165) is 28.6 Å². The Kier molecular flexibility index (Phi) is 6.73. The molecule has 6 heteroatoms. The first-order valence-electron chi connectivity index (χ1n) is 9.46. The van der Waals surface area contributed by atoms with Gasteiger partial charge in [0.05, 0.1) is 0 Å². The number of aryl methyl sites for hydroxylation is 2. The molecule has 0 aromatic heterocycles. The Labute approximate surface area is 174 Å². The van der Waals surface area contributed by atoms with Crippen LogP contribution in [0.15, 0.2) is 46.9 Å². The van der Waals surface area contributed by atoms with Crippen molar-refractivity contribution in [2.75, 3.05) is 19.7 Å². The summed E-state index contributed by atoms with van der Waals surface area (Å²) in [7, 11) is 0.